The van der Waals surface area contributed by atoms with E-state index in [1.165, 1.54) is 6.92 Å². The normalized spacial score (nSPS) is 22.6. The van der Waals surface area contributed by atoms with Gasteiger partial charge in [0.05, 0.1) is 0 Å². The van der Waals surface area contributed by atoms with E-state index >= 15 is 0 Å². The molecule has 1 aliphatic heterocycles. The van der Waals surface area contributed by atoms with E-state index in [2.05, 4.69) is 5.32 Å². The van der Waals surface area contributed by atoms with Crippen LogP contribution in [0.15, 0.2) is 0 Å². The van der Waals surface area contributed by atoms with Gasteiger partial charge < -0.3 is 14.8 Å². The lowest BCUT2D eigenvalue weighted by Crippen LogP contribution is -2.43. The second-order valence-corrected chi connectivity index (χ2v) is 3.36. The van der Waals surface area contributed by atoms with Gasteiger partial charge in [-0.2, -0.15) is 5.06 Å². The van der Waals surface area contributed by atoms with Crippen LogP contribution in [0.3, 0.4) is 0 Å². The molecule has 2 atom stereocenters. The number of hydrogen-bond donors (Lipinski definition) is 1. The summed E-state index contributed by atoms with van der Waals surface area (Å²) < 4.78 is 10.00. The molecule has 6 heteroatoms. The highest BCUT2D eigenvalue weighted by Crippen LogP contribution is 2.00. The van der Waals surface area contributed by atoms with Crippen LogP contribution in [0.25, 0.3) is 0 Å². The maximum Gasteiger partial charge on any atom is 0.191 e. The Hall–Kier alpha value is -0.240. The Morgan fingerprint density at radius 2 is 2.00 bits per heavy atom. The highest BCUT2D eigenvalue weighted by molar-refractivity contribution is 4.59. The fourth-order valence-corrected chi connectivity index (χ4v) is 1.28. The fourth-order valence-electron chi connectivity index (χ4n) is 1.28. The number of rotatable bonds is 6. The molecule has 6 nitrogen and oxygen atoms in total. The molecule has 0 aromatic heterocycles. The third-order valence-electron chi connectivity index (χ3n) is 2.00. The van der Waals surface area contributed by atoms with Crippen molar-refractivity contribution in [3.05, 3.63) is 0 Å². The van der Waals surface area contributed by atoms with Gasteiger partial charge in [0, 0.05) is 26.2 Å². The lowest BCUT2D eigenvalue weighted by atomic mass is 10.4. The van der Waals surface area contributed by atoms with Crippen LogP contribution in [-0.4, -0.2) is 50.6 Å². The van der Waals surface area contributed by atoms with Crippen molar-refractivity contribution in [1.29, 1.82) is 0 Å². The second kappa shape index (κ2) is 7.10. The molecule has 0 amide bonds. The molecule has 0 bridgehead atoms. The Balaban J connectivity index is 1.99. The first-order valence-corrected chi connectivity index (χ1v) is 5.20. The van der Waals surface area contributed by atoms with E-state index in [1.54, 1.807) is 6.92 Å². The van der Waals surface area contributed by atoms with Crippen LogP contribution in [0.1, 0.15) is 13.8 Å². The zero-order valence-corrected chi connectivity index (χ0v) is 9.27. The minimum atomic E-state index is -1.07. The number of nitrogens with one attached hydrogen (secondary N) is 1. The summed E-state index contributed by atoms with van der Waals surface area (Å²) >= 11 is 0. The summed E-state index contributed by atoms with van der Waals surface area (Å²) in [4.78, 5) is 5.32. The summed E-state index contributed by atoms with van der Waals surface area (Å²) in [5, 5.41) is 15.7. The lowest BCUT2D eigenvalue weighted by Gasteiger charge is -2.26. The monoisotopic (exact) mass is 219 g/mol. The van der Waals surface area contributed by atoms with Crippen LogP contribution in [0.2, 0.25) is 0 Å². The standard InChI is InChI=1S/C9H19N2O4/c1-8(12)15-9(2)13-7-14-11-5-3-10-4-6-11/h8-10H,3-7H2,1-2H3. The summed E-state index contributed by atoms with van der Waals surface area (Å²) in [6.45, 7) is 6.75. The lowest BCUT2D eigenvalue weighted by molar-refractivity contribution is -0.296. The minimum absolute atomic E-state index is 0.119. The molecule has 1 N–H and O–H groups in total. The highest BCUT2D eigenvalue weighted by atomic mass is 16.8. The van der Waals surface area contributed by atoms with Gasteiger partial charge in [-0.1, -0.05) is 0 Å². The number of ether oxygens (including phenoxy) is 2. The van der Waals surface area contributed by atoms with Gasteiger partial charge in [-0.15, -0.1) is 0 Å². The topological polar surface area (TPSA) is 62.9 Å². The molecule has 1 heterocycles. The summed E-state index contributed by atoms with van der Waals surface area (Å²) in [6, 6.07) is 0. The molecule has 89 valence electrons. The Kier molecular flexibility index (Phi) is 6.07. The molecule has 0 aliphatic carbocycles. The van der Waals surface area contributed by atoms with E-state index < -0.39 is 12.6 Å². The number of nitrogens with zero attached hydrogens (tertiary/aromatic N) is 1. The molecule has 0 aromatic carbocycles. The second-order valence-electron chi connectivity index (χ2n) is 3.36. The maximum absolute atomic E-state index is 10.6. The molecule has 1 aliphatic rings. The van der Waals surface area contributed by atoms with Crippen molar-refractivity contribution in [1.82, 2.24) is 10.4 Å². The van der Waals surface area contributed by atoms with E-state index in [4.69, 9.17) is 14.3 Å². The quantitative estimate of drug-likeness (QED) is 0.634. The van der Waals surface area contributed by atoms with Crippen molar-refractivity contribution < 1.29 is 19.4 Å². The number of piperazine rings is 1. The van der Waals surface area contributed by atoms with Gasteiger partial charge in [0.1, 0.15) is 0 Å². The molecule has 1 rings (SSSR count). The molecule has 0 saturated carbocycles. The number of hydrogen-bond acceptors (Lipinski definition) is 5. The van der Waals surface area contributed by atoms with Gasteiger partial charge in [-0.3, -0.25) is 4.84 Å². The van der Waals surface area contributed by atoms with E-state index in [9.17, 15) is 5.11 Å². The molecule has 15 heavy (non-hydrogen) atoms. The molecule has 2 unspecified atom stereocenters. The van der Waals surface area contributed by atoms with Crippen LogP contribution >= 0.6 is 0 Å². The van der Waals surface area contributed by atoms with Crippen molar-refractivity contribution in [3.8, 4) is 0 Å². The van der Waals surface area contributed by atoms with Gasteiger partial charge in [0.25, 0.3) is 0 Å². The number of hydroxylamine groups is 2. The van der Waals surface area contributed by atoms with Gasteiger partial charge in [-0.25, -0.2) is 5.11 Å². The van der Waals surface area contributed by atoms with E-state index in [-0.39, 0.29) is 6.79 Å². The van der Waals surface area contributed by atoms with Crippen LogP contribution < -0.4 is 5.32 Å². The Morgan fingerprint density at radius 1 is 1.33 bits per heavy atom. The summed E-state index contributed by atoms with van der Waals surface area (Å²) in [7, 11) is 0. The van der Waals surface area contributed by atoms with Crippen molar-refractivity contribution in [3.63, 3.8) is 0 Å². The minimum Gasteiger partial charge on any atom is -0.325 e. The van der Waals surface area contributed by atoms with E-state index in [0.717, 1.165) is 26.2 Å². The third kappa shape index (κ3) is 6.03. The first-order chi connectivity index (χ1) is 7.18. The summed E-state index contributed by atoms with van der Waals surface area (Å²) in [6.07, 6.45) is -1.60. The van der Waals surface area contributed by atoms with Crippen molar-refractivity contribution >= 4 is 0 Å². The predicted octanol–water partition coefficient (Wildman–Crippen LogP) is -0.0636. The molecular weight excluding hydrogens is 200 g/mol. The molecule has 0 spiro atoms. The van der Waals surface area contributed by atoms with Gasteiger partial charge in [0.2, 0.25) is 0 Å². The van der Waals surface area contributed by atoms with Crippen molar-refractivity contribution in [2.75, 3.05) is 33.0 Å². The average molecular weight is 219 g/mol. The SMILES string of the molecule is CC([O])OC(C)OCON1CCNCC1. The van der Waals surface area contributed by atoms with Crippen LogP contribution in [0.4, 0.5) is 0 Å². The first kappa shape index (κ1) is 12.8. The van der Waals surface area contributed by atoms with E-state index in [1.807, 2.05) is 5.06 Å². The summed E-state index contributed by atoms with van der Waals surface area (Å²) in [5.74, 6) is 0. The predicted molar refractivity (Wildman–Crippen MR) is 52.2 cm³/mol. The molecule has 1 radical (unpaired) electrons. The molecular formula is C9H19N2O4. The molecule has 1 fully saturated rings. The zero-order chi connectivity index (χ0) is 11.1. The van der Waals surface area contributed by atoms with Gasteiger partial charge >= 0.3 is 0 Å². The highest BCUT2D eigenvalue weighted by Gasteiger charge is 2.11. The molecule has 1 saturated heterocycles. The Bertz CT molecular complexity index is 162. The smallest absolute Gasteiger partial charge is 0.191 e. The maximum atomic E-state index is 10.6. The zero-order valence-electron chi connectivity index (χ0n) is 9.27. The largest absolute Gasteiger partial charge is 0.325 e. The Morgan fingerprint density at radius 3 is 2.60 bits per heavy atom. The first-order valence-electron chi connectivity index (χ1n) is 5.20. The fraction of sp³-hybridized carbons (Fsp3) is 1.00. The van der Waals surface area contributed by atoms with Crippen LogP contribution in [0, 0.1) is 0 Å². The van der Waals surface area contributed by atoms with Crippen LogP contribution in [0.5, 0.6) is 0 Å². The van der Waals surface area contributed by atoms with Crippen molar-refractivity contribution in [2.45, 2.75) is 26.4 Å². The molecule has 0 aromatic rings. The third-order valence-corrected chi connectivity index (χ3v) is 2.00. The summed E-state index contributed by atoms with van der Waals surface area (Å²) in [5.41, 5.74) is 0. The Labute approximate surface area is 90.1 Å². The van der Waals surface area contributed by atoms with Crippen molar-refractivity contribution in [2.24, 2.45) is 0 Å². The van der Waals surface area contributed by atoms with Gasteiger partial charge in [-0.05, 0) is 13.8 Å². The van der Waals surface area contributed by atoms with Gasteiger partial charge in [0.15, 0.2) is 19.4 Å². The van der Waals surface area contributed by atoms with Crippen LogP contribution in [-0.2, 0) is 19.4 Å². The van der Waals surface area contributed by atoms with E-state index in [0.29, 0.717) is 0 Å². The average Bonchev–Trinajstić information content (AvgIpc) is 2.18.